The minimum atomic E-state index is 0.455. The largest absolute Gasteiger partial charge is 0.439 e. The van der Waals surface area contributed by atoms with Crippen molar-refractivity contribution in [3.63, 3.8) is 0 Å². The van der Waals surface area contributed by atoms with Gasteiger partial charge in [-0.1, -0.05) is 23.7 Å². The van der Waals surface area contributed by atoms with E-state index in [9.17, 15) is 0 Å². The van der Waals surface area contributed by atoms with E-state index in [1.54, 1.807) is 6.20 Å². The third kappa shape index (κ3) is 2.87. The minimum absolute atomic E-state index is 0.455. The maximum absolute atomic E-state index is 5.99. The Bertz CT molecular complexity index is 584. The minimum Gasteiger partial charge on any atom is -0.439 e. The van der Waals surface area contributed by atoms with E-state index in [-0.39, 0.29) is 0 Å². The molecule has 1 atom stereocenters. The first-order chi connectivity index (χ1) is 9.76. The average Bonchev–Trinajstić information content (AvgIpc) is 3.08. The van der Waals surface area contributed by atoms with Gasteiger partial charge in [0, 0.05) is 23.2 Å². The molecule has 1 aliphatic rings. The van der Waals surface area contributed by atoms with Gasteiger partial charge in [-0.25, -0.2) is 4.98 Å². The molecular formula is C15H18ClN3O. The Balaban J connectivity index is 1.74. The molecule has 5 heteroatoms. The average molecular weight is 292 g/mol. The molecule has 20 heavy (non-hydrogen) atoms. The molecule has 1 aliphatic heterocycles. The number of halogens is 1. The van der Waals surface area contributed by atoms with E-state index in [4.69, 9.17) is 21.8 Å². The smallest absolute Gasteiger partial charge is 0.209 e. The molecule has 1 fully saturated rings. The molecule has 2 N–H and O–H groups in total. The molecule has 1 saturated heterocycles. The third-order valence-corrected chi connectivity index (χ3v) is 4.01. The van der Waals surface area contributed by atoms with Gasteiger partial charge in [-0.2, -0.15) is 0 Å². The molecule has 0 bridgehead atoms. The summed E-state index contributed by atoms with van der Waals surface area (Å²) >= 11 is 5.99. The Labute approximate surface area is 123 Å². The SMILES string of the molecule is NCC1CCCN1Cc1ncc(-c2cccc(Cl)c2)o1. The van der Waals surface area contributed by atoms with Crippen LogP contribution in [0.5, 0.6) is 0 Å². The van der Waals surface area contributed by atoms with Crippen molar-refractivity contribution < 1.29 is 4.42 Å². The number of benzene rings is 1. The van der Waals surface area contributed by atoms with E-state index in [2.05, 4.69) is 9.88 Å². The Morgan fingerprint density at radius 2 is 2.35 bits per heavy atom. The highest BCUT2D eigenvalue weighted by molar-refractivity contribution is 6.30. The number of likely N-dealkylation sites (tertiary alicyclic amines) is 1. The number of hydrogen-bond acceptors (Lipinski definition) is 4. The highest BCUT2D eigenvalue weighted by Crippen LogP contribution is 2.25. The second-order valence-corrected chi connectivity index (χ2v) is 5.57. The van der Waals surface area contributed by atoms with Crippen molar-refractivity contribution in [1.82, 2.24) is 9.88 Å². The normalized spacial score (nSPS) is 19.6. The summed E-state index contributed by atoms with van der Waals surface area (Å²) in [6.07, 6.45) is 4.12. The summed E-state index contributed by atoms with van der Waals surface area (Å²) in [6.45, 7) is 2.49. The van der Waals surface area contributed by atoms with Crippen LogP contribution >= 0.6 is 11.6 Å². The zero-order valence-corrected chi connectivity index (χ0v) is 12.0. The number of nitrogens with zero attached hydrogens (tertiary/aromatic N) is 2. The van der Waals surface area contributed by atoms with Crippen LogP contribution in [-0.4, -0.2) is 29.0 Å². The summed E-state index contributed by atoms with van der Waals surface area (Å²) < 4.78 is 5.83. The lowest BCUT2D eigenvalue weighted by atomic mass is 10.2. The van der Waals surface area contributed by atoms with Crippen molar-refractivity contribution in [2.24, 2.45) is 5.73 Å². The van der Waals surface area contributed by atoms with Gasteiger partial charge in [0.1, 0.15) is 0 Å². The summed E-state index contributed by atoms with van der Waals surface area (Å²) in [6, 6.07) is 8.05. The van der Waals surface area contributed by atoms with Crippen LogP contribution < -0.4 is 5.73 Å². The zero-order chi connectivity index (χ0) is 13.9. The number of rotatable bonds is 4. The molecule has 2 heterocycles. The second-order valence-electron chi connectivity index (χ2n) is 5.13. The molecule has 1 aromatic carbocycles. The predicted octanol–water partition coefficient (Wildman–Crippen LogP) is 2.92. The Morgan fingerprint density at radius 3 is 3.15 bits per heavy atom. The summed E-state index contributed by atoms with van der Waals surface area (Å²) in [5.74, 6) is 1.49. The highest BCUT2D eigenvalue weighted by atomic mass is 35.5. The lowest BCUT2D eigenvalue weighted by molar-refractivity contribution is 0.226. The first kappa shape index (κ1) is 13.6. The second kappa shape index (κ2) is 5.95. The van der Waals surface area contributed by atoms with E-state index >= 15 is 0 Å². The monoisotopic (exact) mass is 291 g/mol. The van der Waals surface area contributed by atoms with Gasteiger partial charge in [-0.05, 0) is 31.5 Å². The van der Waals surface area contributed by atoms with E-state index in [1.807, 2.05) is 24.3 Å². The van der Waals surface area contributed by atoms with Crippen LogP contribution in [-0.2, 0) is 6.54 Å². The van der Waals surface area contributed by atoms with Crippen LogP contribution in [0.2, 0.25) is 5.02 Å². The van der Waals surface area contributed by atoms with Gasteiger partial charge in [0.2, 0.25) is 5.89 Å². The van der Waals surface area contributed by atoms with Gasteiger partial charge in [0.05, 0.1) is 12.7 Å². The summed E-state index contributed by atoms with van der Waals surface area (Å²) in [4.78, 5) is 6.70. The maximum Gasteiger partial charge on any atom is 0.209 e. The van der Waals surface area contributed by atoms with Crippen molar-refractivity contribution in [2.75, 3.05) is 13.1 Å². The molecule has 0 spiro atoms. The standard InChI is InChI=1S/C15H18ClN3O/c16-12-4-1-3-11(7-12)14-9-18-15(20-14)10-19-6-2-5-13(19)8-17/h1,3-4,7,9,13H,2,5-6,8,10,17H2. The maximum atomic E-state index is 5.99. The third-order valence-electron chi connectivity index (χ3n) is 3.77. The number of hydrogen-bond donors (Lipinski definition) is 1. The number of oxazole rings is 1. The zero-order valence-electron chi connectivity index (χ0n) is 11.3. The number of aromatic nitrogens is 1. The van der Waals surface area contributed by atoms with E-state index in [1.165, 1.54) is 12.8 Å². The van der Waals surface area contributed by atoms with Crippen LogP contribution in [0.4, 0.5) is 0 Å². The highest BCUT2D eigenvalue weighted by Gasteiger charge is 2.24. The van der Waals surface area contributed by atoms with Crippen molar-refractivity contribution >= 4 is 11.6 Å². The molecule has 1 unspecified atom stereocenters. The molecule has 1 aromatic heterocycles. The van der Waals surface area contributed by atoms with Gasteiger partial charge in [-0.15, -0.1) is 0 Å². The van der Waals surface area contributed by atoms with Crippen molar-refractivity contribution in [2.45, 2.75) is 25.4 Å². The molecular weight excluding hydrogens is 274 g/mol. The van der Waals surface area contributed by atoms with Gasteiger partial charge in [0.15, 0.2) is 5.76 Å². The topological polar surface area (TPSA) is 55.3 Å². The Kier molecular flexibility index (Phi) is 4.05. The van der Waals surface area contributed by atoms with Gasteiger partial charge >= 0.3 is 0 Å². The van der Waals surface area contributed by atoms with Crippen molar-refractivity contribution in [1.29, 1.82) is 0 Å². The number of nitrogens with two attached hydrogens (primary N) is 1. The Morgan fingerprint density at radius 1 is 1.45 bits per heavy atom. The first-order valence-corrected chi connectivity index (χ1v) is 7.29. The van der Waals surface area contributed by atoms with Crippen molar-refractivity contribution in [3.05, 3.63) is 41.4 Å². The molecule has 0 amide bonds. The Hall–Kier alpha value is -1.36. The van der Waals surface area contributed by atoms with Gasteiger partial charge in [-0.3, -0.25) is 4.90 Å². The molecule has 106 valence electrons. The van der Waals surface area contributed by atoms with Gasteiger partial charge < -0.3 is 10.2 Å². The molecule has 2 aromatic rings. The summed E-state index contributed by atoms with van der Waals surface area (Å²) in [7, 11) is 0. The molecule has 4 nitrogen and oxygen atoms in total. The molecule has 3 rings (SSSR count). The van der Waals surface area contributed by atoms with Crippen molar-refractivity contribution in [3.8, 4) is 11.3 Å². The fourth-order valence-electron chi connectivity index (χ4n) is 2.70. The summed E-state index contributed by atoms with van der Waals surface area (Å²) in [5.41, 5.74) is 6.74. The van der Waals surface area contributed by atoms with Crippen LogP contribution in [0.15, 0.2) is 34.9 Å². The van der Waals surface area contributed by atoms with Crippen LogP contribution in [0.3, 0.4) is 0 Å². The van der Waals surface area contributed by atoms with Gasteiger partial charge in [0.25, 0.3) is 0 Å². The first-order valence-electron chi connectivity index (χ1n) is 6.91. The predicted molar refractivity (Wildman–Crippen MR) is 79.4 cm³/mol. The molecule has 0 aliphatic carbocycles. The lowest BCUT2D eigenvalue weighted by Gasteiger charge is -2.20. The fourth-order valence-corrected chi connectivity index (χ4v) is 2.89. The van der Waals surface area contributed by atoms with Crippen LogP contribution in [0.25, 0.3) is 11.3 Å². The van der Waals surface area contributed by atoms with E-state index in [0.717, 1.165) is 30.3 Å². The quantitative estimate of drug-likeness (QED) is 0.941. The summed E-state index contributed by atoms with van der Waals surface area (Å²) in [5, 5.41) is 0.697. The van der Waals surface area contributed by atoms with E-state index < -0.39 is 0 Å². The van der Waals surface area contributed by atoms with Crippen LogP contribution in [0, 0.1) is 0 Å². The lowest BCUT2D eigenvalue weighted by Crippen LogP contribution is -2.34. The van der Waals surface area contributed by atoms with Crippen LogP contribution in [0.1, 0.15) is 18.7 Å². The molecule has 0 radical (unpaired) electrons. The molecule has 0 saturated carbocycles. The van der Waals surface area contributed by atoms with E-state index in [0.29, 0.717) is 17.6 Å². The fraction of sp³-hybridized carbons (Fsp3) is 0.400.